The standard InChI is InChI=1S/C17H16ClNO4S/c18-13-8-4-5-9-14(13)19(15-10-24(22,23)11-16(15)20)17(21)12-6-2-1-3-7-12/h1-9,15-16,20H,10-11H2. The Morgan fingerprint density at radius 3 is 2.25 bits per heavy atom. The van der Waals surface area contributed by atoms with Crippen molar-refractivity contribution in [3.8, 4) is 0 Å². The Labute approximate surface area is 145 Å². The molecule has 2 unspecified atom stereocenters. The van der Waals surface area contributed by atoms with Crippen molar-refractivity contribution in [1.29, 1.82) is 0 Å². The molecule has 1 fully saturated rings. The van der Waals surface area contributed by atoms with E-state index in [1.807, 2.05) is 0 Å². The molecule has 1 amide bonds. The highest BCUT2D eigenvalue weighted by molar-refractivity contribution is 7.91. The van der Waals surface area contributed by atoms with Gasteiger partial charge in [0.1, 0.15) is 0 Å². The van der Waals surface area contributed by atoms with Crippen molar-refractivity contribution in [2.24, 2.45) is 0 Å². The molecular formula is C17H16ClNO4S. The van der Waals surface area contributed by atoms with Crippen LogP contribution in [0.15, 0.2) is 54.6 Å². The fourth-order valence-corrected chi connectivity index (χ4v) is 4.86. The Morgan fingerprint density at radius 1 is 1.04 bits per heavy atom. The highest BCUT2D eigenvalue weighted by atomic mass is 35.5. The summed E-state index contributed by atoms with van der Waals surface area (Å²) in [6.07, 6.45) is -1.15. The van der Waals surface area contributed by atoms with Crippen LogP contribution in [0.25, 0.3) is 0 Å². The van der Waals surface area contributed by atoms with Gasteiger partial charge in [-0.3, -0.25) is 4.79 Å². The van der Waals surface area contributed by atoms with E-state index >= 15 is 0 Å². The number of benzene rings is 2. The third-order valence-electron chi connectivity index (χ3n) is 3.98. The molecule has 0 saturated carbocycles. The van der Waals surface area contributed by atoms with Gasteiger partial charge in [0.2, 0.25) is 0 Å². The highest BCUT2D eigenvalue weighted by Gasteiger charge is 2.43. The first-order chi connectivity index (χ1) is 11.4. The monoisotopic (exact) mass is 365 g/mol. The maximum atomic E-state index is 13.0. The number of carbonyl (C=O) groups is 1. The van der Waals surface area contributed by atoms with Gasteiger partial charge in [-0.2, -0.15) is 0 Å². The van der Waals surface area contributed by atoms with Gasteiger partial charge < -0.3 is 10.0 Å². The Bertz CT molecular complexity index is 854. The summed E-state index contributed by atoms with van der Waals surface area (Å²) in [5.74, 6) is -1.05. The summed E-state index contributed by atoms with van der Waals surface area (Å²) >= 11 is 6.22. The number of carbonyl (C=O) groups excluding carboxylic acids is 1. The molecule has 7 heteroatoms. The fraction of sp³-hybridized carbons (Fsp3) is 0.235. The SMILES string of the molecule is O=C(c1ccccc1)N(c1ccccc1Cl)C1CS(=O)(=O)CC1O. The van der Waals surface area contributed by atoms with Crippen LogP contribution in [0.2, 0.25) is 5.02 Å². The van der Waals surface area contributed by atoms with Crippen molar-refractivity contribution >= 4 is 33.0 Å². The molecule has 0 aliphatic carbocycles. The average Bonchev–Trinajstić information content (AvgIpc) is 2.83. The molecule has 0 aromatic heterocycles. The average molecular weight is 366 g/mol. The largest absolute Gasteiger partial charge is 0.390 e. The molecule has 1 aliphatic rings. The first-order valence-corrected chi connectivity index (χ1v) is 9.60. The molecule has 2 atom stereocenters. The van der Waals surface area contributed by atoms with Crippen molar-refractivity contribution in [3.63, 3.8) is 0 Å². The Kier molecular flexibility index (Phi) is 4.62. The number of sulfone groups is 1. The first kappa shape index (κ1) is 17.0. The summed E-state index contributed by atoms with van der Waals surface area (Å²) < 4.78 is 23.8. The molecule has 1 heterocycles. The number of anilines is 1. The number of rotatable bonds is 3. The van der Waals surface area contributed by atoms with Crippen LogP contribution in [0, 0.1) is 0 Å². The highest BCUT2D eigenvalue weighted by Crippen LogP contribution is 2.32. The number of aliphatic hydroxyl groups excluding tert-OH is 1. The van der Waals surface area contributed by atoms with Crippen LogP contribution in [0.3, 0.4) is 0 Å². The van der Waals surface area contributed by atoms with E-state index in [0.717, 1.165) is 0 Å². The Morgan fingerprint density at radius 2 is 1.67 bits per heavy atom. The van der Waals surface area contributed by atoms with Gasteiger partial charge in [-0.25, -0.2) is 8.42 Å². The lowest BCUT2D eigenvalue weighted by molar-refractivity contribution is 0.0945. The van der Waals surface area contributed by atoms with E-state index in [2.05, 4.69) is 0 Å². The van der Waals surface area contributed by atoms with Crippen molar-refractivity contribution in [1.82, 2.24) is 0 Å². The predicted molar refractivity (Wildman–Crippen MR) is 93.2 cm³/mol. The lowest BCUT2D eigenvalue weighted by Crippen LogP contribution is -2.47. The van der Waals surface area contributed by atoms with Gasteiger partial charge in [0, 0.05) is 5.56 Å². The van der Waals surface area contributed by atoms with Gasteiger partial charge >= 0.3 is 0 Å². The van der Waals surface area contributed by atoms with Gasteiger partial charge in [0.25, 0.3) is 5.91 Å². The molecule has 24 heavy (non-hydrogen) atoms. The van der Waals surface area contributed by atoms with Crippen molar-refractivity contribution in [2.75, 3.05) is 16.4 Å². The Balaban J connectivity index is 2.09. The number of hydrogen-bond acceptors (Lipinski definition) is 4. The van der Waals surface area contributed by atoms with Gasteiger partial charge in [-0.05, 0) is 24.3 Å². The lowest BCUT2D eigenvalue weighted by Gasteiger charge is -2.31. The zero-order valence-corrected chi connectivity index (χ0v) is 14.2. The normalized spacial score (nSPS) is 22.2. The molecule has 0 radical (unpaired) electrons. The molecule has 5 nitrogen and oxygen atoms in total. The van der Waals surface area contributed by atoms with Crippen molar-refractivity contribution in [2.45, 2.75) is 12.1 Å². The van der Waals surface area contributed by atoms with E-state index in [1.165, 1.54) is 4.90 Å². The first-order valence-electron chi connectivity index (χ1n) is 7.41. The number of hydrogen-bond donors (Lipinski definition) is 1. The van der Waals surface area contributed by atoms with Crippen LogP contribution >= 0.6 is 11.6 Å². The van der Waals surface area contributed by atoms with E-state index in [9.17, 15) is 18.3 Å². The number of nitrogens with zero attached hydrogens (tertiary/aromatic N) is 1. The molecule has 2 aromatic rings. The van der Waals surface area contributed by atoms with Crippen LogP contribution < -0.4 is 4.90 Å². The van der Waals surface area contributed by atoms with Crippen LogP contribution in [-0.2, 0) is 9.84 Å². The number of para-hydroxylation sites is 1. The molecule has 1 saturated heterocycles. The summed E-state index contributed by atoms with van der Waals surface area (Å²) in [5.41, 5.74) is 0.781. The van der Waals surface area contributed by atoms with Crippen LogP contribution in [0.4, 0.5) is 5.69 Å². The minimum absolute atomic E-state index is 0.294. The second-order valence-electron chi connectivity index (χ2n) is 5.70. The second kappa shape index (κ2) is 6.55. The molecular weight excluding hydrogens is 350 g/mol. The van der Waals surface area contributed by atoms with E-state index in [4.69, 9.17) is 11.6 Å². The predicted octanol–water partition coefficient (Wildman–Crippen LogP) is 2.14. The maximum Gasteiger partial charge on any atom is 0.258 e. The summed E-state index contributed by atoms with van der Waals surface area (Å²) in [6.45, 7) is 0. The second-order valence-corrected chi connectivity index (χ2v) is 8.27. The van der Waals surface area contributed by atoms with Gasteiger partial charge in [0.15, 0.2) is 9.84 Å². The van der Waals surface area contributed by atoms with Crippen LogP contribution in [0.1, 0.15) is 10.4 Å². The maximum absolute atomic E-state index is 13.0. The van der Waals surface area contributed by atoms with Crippen molar-refractivity contribution < 1.29 is 18.3 Å². The number of halogens is 1. The van der Waals surface area contributed by atoms with Crippen molar-refractivity contribution in [3.05, 3.63) is 65.2 Å². The van der Waals surface area contributed by atoms with Crippen LogP contribution in [-0.4, -0.2) is 43.1 Å². The minimum Gasteiger partial charge on any atom is -0.390 e. The van der Waals surface area contributed by atoms with Gasteiger partial charge in [0.05, 0.1) is 34.4 Å². The molecule has 0 spiro atoms. The third kappa shape index (κ3) is 3.31. The minimum atomic E-state index is -3.41. The van der Waals surface area contributed by atoms with E-state index in [-0.39, 0.29) is 11.5 Å². The number of aliphatic hydroxyl groups is 1. The zero-order valence-electron chi connectivity index (χ0n) is 12.7. The topological polar surface area (TPSA) is 74.7 Å². The van der Waals surface area contributed by atoms with Crippen LogP contribution in [0.5, 0.6) is 0 Å². The molecule has 0 bridgehead atoms. The van der Waals surface area contributed by atoms with Gasteiger partial charge in [-0.15, -0.1) is 0 Å². The Hall–Kier alpha value is -1.89. The summed E-state index contributed by atoms with van der Waals surface area (Å²) in [6, 6.07) is 14.3. The summed E-state index contributed by atoms with van der Waals surface area (Å²) in [7, 11) is -3.41. The van der Waals surface area contributed by atoms with E-state index in [1.54, 1.807) is 54.6 Å². The zero-order chi connectivity index (χ0) is 17.3. The molecule has 2 aromatic carbocycles. The molecule has 126 valence electrons. The summed E-state index contributed by atoms with van der Waals surface area (Å²) in [5, 5.41) is 10.5. The quantitative estimate of drug-likeness (QED) is 0.904. The molecule has 1 aliphatic heterocycles. The molecule has 1 N–H and O–H groups in total. The smallest absolute Gasteiger partial charge is 0.258 e. The molecule has 3 rings (SSSR count). The third-order valence-corrected chi connectivity index (χ3v) is 6.00. The number of amides is 1. The van der Waals surface area contributed by atoms with Gasteiger partial charge in [-0.1, -0.05) is 41.9 Å². The van der Waals surface area contributed by atoms with E-state index in [0.29, 0.717) is 16.3 Å². The summed E-state index contributed by atoms with van der Waals surface area (Å²) in [4.78, 5) is 14.3. The lowest BCUT2D eigenvalue weighted by atomic mass is 10.1. The van der Waals surface area contributed by atoms with E-state index < -0.39 is 27.9 Å². The fourth-order valence-electron chi connectivity index (χ4n) is 2.86.